The monoisotopic (exact) mass is 446 g/mol. The second-order valence-electron chi connectivity index (χ2n) is 9.83. The number of nitrogens with zero attached hydrogens (tertiary/aromatic N) is 5. The lowest BCUT2D eigenvalue weighted by Gasteiger charge is -2.36. The quantitative estimate of drug-likeness (QED) is 0.648. The third-order valence-corrected chi connectivity index (χ3v) is 7.42. The first kappa shape index (κ1) is 22.0. The van der Waals surface area contributed by atoms with Gasteiger partial charge in [-0.15, -0.1) is 0 Å². The zero-order valence-electron chi connectivity index (χ0n) is 19.7. The number of nitrogens with one attached hydrogen (secondary N) is 1. The van der Waals surface area contributed by atoms with Gasteiger partial charge in [-0.25, -0.2) is 9.97 Å². The lowest BCUT2D eigenvalue weighted by molar-refractivity contribution is -0.121. The molecule has 1 saturated carbocycles. The van der Waals surface area contributed by atoms with Crippen molar-refractivity contribution in [3.63, 3.8) is 0 Å². The SMILES string of the molecule is CN1CCN(CC2CCC(C(=O)Nc3cc4cc(-c5cncn5C)ccc4cn3)CC2)CC1. The Labute approximate surface area is 195 Å². The summed E-state index contributed by atoms with van der Waals surface area (Å²) < 4.78 is 2.01. The summed E-state index contributed by atoms with van der Waals surface area (Å²) in [6.07, 6.45) is 9.74. The van der Waals surface area contributed by atoms with Crippen LogP contribution >= 0.6 is 0 Å². The topological polar surface area (TPSA) is 66.3 Å². The van der Waals surface area contributed by atoms with Crippen molar-refractivity contribution >= 4 is 22.5 Å². The van der Waals surface area contributed by atoms with Crippen LogP contribution in [0.25, 0.3) is 22.0 Å². The van der Waals surface area contributed by atoms with Gasteiger partial charge >= 0.3 is 0 Å². The number of carbonyl (C=O) groups is 1. The van der Waals surface area contributed by atoms with E-state index < -0.39 is 0 Å². The maximum absolute atomic E-state index is 13.0. The molecule has 5 rings (SSSR count). The van der Waals surface area contributed by atoms with Gasteiger partial charge in [0.15, 0.2) is 0 Å². The van der Waals surface area contributed by atoms with E-state index >= 15 is 0 Å². The molecule has 0 unspecified atom stereocenters. The number of rotatable bonds is 5. The first-order chi connectivity index (χ1) is 16.0. The van der Waals surface area contributed by atoms with Gasteiger partial charge in [0.1, 0.15) is 5.82 Å². The van der Waals surface area contributed by atoms with Crippen molar-refractivity contribution in [3.05, 3.63) is 43.0 Å². The Morgan fingerprint density at radius 3 is 2.52 bits per heavy atom. The molecule has 2 aliphatic rings. The highest BCUT2D eigenvalue weighted by Gasteiger charge is 2.28. The van der Waals surface area contributed by atoms with E-state index in [0.717, 1.165) is 53.6 Å². The highest BCUT2D eigenvalue weighted by Crippen LogP contribution is 2.31. The number of hydrogen-bond donors (Lipinski definition) is 1. The van der Waals surface area contributed by atoms with Crippen LogP contribution in [0.4, 0.5) is 5.82 Å². The van der Waals surface area contributed by atoms with Crippen LogP contribution in [0.5, 0.6) is 0 Å². The van der Waals surface area contributed by atoms with Crippen LogP contribution in [0.2, 0.25) is 0 Å². The number of aryl methyl sites for hydroxylation is 1. The fourth-order valence-electron chi connectivity index (χ4n) is 5.24. The average Bonchev–Trinajstić information content (AvgIpc) is 3.26. The Kier molecular flexibility index (Phi) is 6.42. The number of anilines is 1. The summed E-state index contributed by atoms with van der Waals surface area (Å²) in [5, 5.41) is 5.21. The largest absolute Gasteiger partial charge is 0.334 e. The molecule has 1 aliphatic heterocycles. The number of pyridine rings is 1. The molecule has 0 spiro atoms. The van der Waals surface area contributed by atoms with Crippen LogP contribution in [0.15, 0.2) is 43.0 Å². The van der Waals surface area contributed by atoms with Crippen LogP contribution in [0.3, 0.4) is 0 Å². The second kappa shape index (κ2) is 9.61. The van der Waals surface area contributed by atoms with E-state index in [1.54, 1.807) is 6.33 Å². The minimum absolute atomic E-state index is 0.0898. The summed E-state index contributed by atoms with van der Waals surface area (Å²) in [6, 6.07) is 8.26. The molecule has 1 aliphatic carbocycles. The molecule has 1 amide bonds. The predicted molar refractivity (Wildman–Crippen MR) is 132 cm³/mol. The van der Waals surface area contributed by atoms with Gasteiger partial charge in [0.05, 0.1) is 18.2 Å². The molecule has 7 heteroatoms. The van der Waals surface area contributed by atoms with Crippen LogP contribution in [0.1, 0.15) is 25.7 Å². The van der Waals surface area contributed by atoms with E-state index in [1.807, 2.05) is 30.1 Å². The van der Waals surface area contributed by atoms with E-state index in [1.165, 1.54) is 32.7 Å². The van der Waals surface area contributed by atoms with Gasteiger partial charge in [0, 0.05) is 62.8 Å². The van der Waals surface area contributed by atoms with Crippen molar-refractivity contribution < 1.29 is 4.79 Å². The summed E-state index contributed by atoms with van der Waals surface area (Å²) in [4.78, 5) is 26.7. The van der Waals surface area contributed by atoms with Crippen LogP contribution in [-0.4, -0.2) is 70.0 Å². The molecule has 2 fully saturated rings. The molecule has 0 radical (unpaired) electrons. The molecule has 1 saturated heterocycles. The van der Waals surface area contributed by atoms with Gasteiger partial charge in [-0.1, -0.05) is 12.1 Å². The Bertz CT molecular complexity index is 1110. The summed E-state index contributed by atoms with van der Waals surface area (Å²) in [7, 11) is 4.19. The highest BCUT2D eigenvalue weighted by atomic mass is 16.1. The zero-order chi connectivity index (χ0) is 22.8. The predicted octanol–water partition coefficient (Wildman–Crippen LogP) is 3.63. The number of benzene rings is 1. The van der Waals surface area contributed by atoms with Crippen LogP contribution in [0, 0.1) is 11.8 Å². The molecule has 3 aromatic rings. The summed E-state index contributed by atoms with van der Waals surface area (Å²) in [6.45, 7) is 5.87. The molecule has 33 heavy (non-hydrogen) atoms. The normalized spacial score (nSPS) is 22.5. The standard InChI is InChI=1S/C26H34N6O/c1-30-9-11-32(12-10-30)17-19-3-5-20(6-4-19)26(33)29-25-14-23-13-21(7-8-22(23)15-28-25)24-16-27-18-31(24)2/h7-8,13-16,18-20H,3-6,9-12,17H2,1-2H3,(H,28,29,33). The number of likely N-dealkylation sites (N-methyl/N-ethyl adjacent to an activating group) is 1. The maximum Gasteiger partial charge on any atom is 0.228 e. The van der Waals surface area contributed by atoms with Gasteiger partial charge in [-0.05, 0) is 56.2 Å². The average molecular weight is 447 g/mol. The van der Waals surface area contributed by atoms with Crippen molar-refractivity contribution in [2.45, 2.75) is 25.7 Å². The number of imidazole rings is 1. The van der Waals surface area contributed by atoms with Crippen molar-refractivity contribution in [1.29, 1.82) is 0 Å². The molecule has 0 bridgehead atoms. The number of carbonyl (C=O) groups excluding carboxylic acids is 1. The Hall–Kier alpha value is -2.77. The van der Waals surface area contributed by atoms with E-state index in [2.05, 4.69) is 50.3 Å². The molecule has 7 nitrogen and oxygen atoms in total. The fourth-order valence-corrected chi connectivity index (χ4v) is 5.24. The Morgan fingerprint density at radius 2 is 1.79 bits per heavy atom. The van der Waals surface area contributed by atoms with Crippen molar-refractivity contribution in [2.75, 3.05) is 45.1 Å². The summed E-state index contributed by atoms with van der Waals surface area (Å²) >= 11 is 0. The fraction of sp³-hybridized carbons (Fsp3) is 0.500. The number of fused-ring (bicyclic) bond motifs is 1. The lowest BCUT2D eigenvalue weighted by atomic mass is 9.81. The number of aromatic nitrogens is 3. The van der Waals surface area contributed by atoms with Gasteiger partial charge in [0.25, 0.3) is 0 Å². The van der Waals surface area contributed by atoms with E-state index in [0.29, 0.717) is 5.82 Å². The highest BCUT2D eigenvalue weighted by molar-refractivity contribution is 5.95. The summed E-state index contributed by atoms with van der Waals surface area (Å²) in [5.41, 5.74) is 2.16. The summed E-state index contributed by atoms with van der Waals surface area (Å²) in [5.74, 6) is 1.56. The molecule has 2 aromatic heterocycles. The third-order valence-electron chi connectivity index (χ3n) is 7.42. The first-order valence-corrected chi connectivity index (χ1v) is 12.1. The van der Waals surface area contributed by atoms with Crippen molar-refractivity contribution in [2.24, 2.45) is 18.9 Å². The minimum Gasteiger partial charge on any atom is -0.334 e. The third kappa shape index (κ3) is 5.09. The molecule has 0 atom stereocenters. The second-order valence-corrected chi connectivity index (χ2v) is 9.83. The van der Waals surface area contributed by atoms with E-state index in [9.17, 15) is 4.79 Å². The van der Waals surface area contributed by atoms with E-state index in [4.69, 9.17) is 0 Å². The van der Waals surface area contributed by atoms with E-state index in [-0.39, 0.29) is 11.8 Å². The molecule has 174 valence electrons. The molecule has 3 heterocycles. The minimum atomic E-state index is 0.0898. The van der Waals surface area contributed by atoms with Crippen LogP contribution < -0.4 is 5.32 Å². The number of amides is 1. The van der Waals surface area contributed by atoms with Gasteiger partial charge < -0.3 is 19.7 Å². The van der Waals surface area contributed by atoms with Crippen molar-refractivity contribution in [3.8, 4) is 11.3 Å². The Morgan fingerprint density at radius 1 is 1.00 bits per heavy atom. The maximum atomic E-state index is 13.0. The number of hydrogen-bond acceptors (Lipinski definition) is 5. The smallest absolute Gasteiger partial charge is 0.228 e. The molecule has 1 aromatic carbocycles. The molecule has 1 N–H and O–H groups in total. The first-order valence-electron chi connectivity index (χ1n) is 12.1. The lowest BCUT2D eigenvalue weighted by Crippen LogP contribution is -2.46. The van der Waals surface area contributed by atoms with Crippen LogP contribution in [-0.2, 0) is 11.8 Å². The number of piperazine rings is 1. The zero-order valence-corrected chi connectivity index (χ0v) is 19.7. The molecular formula is C26H34N6O. The van der Waals surface area contributed by atoms with Gasteiger partial charge in [-0.2, -0.15) is 0 Å². The van der Waals surface area contributed by atoms with Crippen molar-refractivity contribution in [1.82, 2.24) is 24.3 Å². The van der Waals surface area contributed by atoms with Gasteiger partial charge in [0.2, 0.25) is 5.91 Å². The molecular weight excluding hydrogens is 412 g/mol. The van der Waals surface area contributed by atoms with Gasteiger partial charge in [-0.3, -0.25) is 4.79 Å². The Balaban J connectivity index is 1.18.